The fraction of sp³-hybridized carbons (Fsp3) is 0.0451. The standard InChI is InChI=1S/C47H31N3.C45H26N4O.C41H27N3/c1-47(2)35-21-11-19-33-31-17-6-7-18-32(31)34-20-12-24-39-42(34)44-40(26-25-36(47)43(44)41(33)35)50(39)46-45(48-37-22-8-9-23-38(37)49-46)30-16-10-15-29(27-30)28-13-4-3-5-14-28;1-3-12-27(13-4-1)43-46-44(28-14-5-2-6-15-28)48-45(47-43)29-16-9-17-30(26-29)49-35-22-10-20-33-31-18-7-8-19-32(31)34-21-11-23-37-40(34)42-38(50-37)25-24-36(49)41(42)39(33)35;1-41(2)29-18-10-16-27-25-14-6-7-15-26(25)28-17-11-21-33-36(28)38-34(23-22-30(41)37(38)35(27)29)44(33)40-39(24-12-4-3-5-13-24)42-31-19-8-9-20-32(31)43-40/h3-27H,1-2H3;1-26H;3-23H,1-2H3. The highest BCUT2D eigenvalue weighted by Gasteiger charge is 2.39. The number of hydrogen-bond acceptors (Lipinski definition) is 8. The van der Waals surface area contributed by atoms with E-state index < -0.39 is 0 Å². The van der Waals surface area contributed by atoms with E-state index in [9.17, 15) is 0 Å². The van der Waals surface area contributed by atoms with Crippen molar-refractivity contribution in [2.45, 2.75) is 38.5 Å². The summed E-state index contributed by atoms with van der Waals surface area (Å²) < 4.78 is 13.7. The number of benzene rings is 20. The summed E-state index contributed by atoms with van der Waals surface area (Å²) in [6.07, 6.45) is 0. The Labute approximate surface area is 825 Å². The highest BCUT2D eigenvalue weighted by Crippen LogP contribution is 2.58. The van der Waals surface area contributed by atoms with Gasteiger partial charge < -0.3 is 8.98 Å². The second-order valence-corrected chi connectivity index (χ2v) is 39.5. The van der Waals surface area contributed by atoms with E-state index in [1.165, 1.54) is 146 Å². The van der Waals surface area contributed by atoms with Gasteiger partial charge in [0.25, 0.3) is 0 Å². The molecule has 0 bridgehead atoms. The maximum atomic E-state index is 6.55. The van der Waals surface area contributed by atoms with Crippen LogP contribution in [0.1, 0.15) is 49.9 Å². The molecule has 7 aromatic heterocycles. The molecule has 0 saturated heterocycles. The number of nitrogens with zero attached hydrogens (tertiary/aromatic N) is 10. The van der Waals surface area contributed by atoms with Crippen LogP contribution in [0, 0.1) is 0 Å². The van der Waals surface area contributed by atoms with Crippen LogP contribution in [0.3, 0.4) is 0 Å². The van der Waals surface area contributed by atoms with Gasteiger partial charge in [0.15, 0.2) is 29.1 Å². The van der Waals surface area contributed by atoms with Gasteiger partial charge in [0.1, 0.15) is 22.6 Å². The average Bonchev–Trinajstić information content (AvgIpc) is 1.52. The van der Waals surface area contributed by atoms with E-state index in [-0.39, 0.29) is 10.8 Å². The zero-order valence-corrected chi connectivity index (χ0v) is 78.9. The molecule has 32 rings (SSSR count). The SMILES string of the molecule is CC1(C)c2cccc3c4ccccc4c4cccc5c4c4c(c1ccc4n5-c1nc4ccccc4nc1-c1cccc(-c4ccccc4)c1)c23.CC1(C)c2cccc3c4ccccc4c4cccc5c4c4c(c1ccc4n5-c1nc4ccccc4nc1-c1ccccc1)c23.c1ccc(-c2nc(-c3ccccc3)nc(-c3cccc(-n4c5cccc6c7ccccc7c7cccc8oc9ccc4c(c9c87)c65)c3)n2)cc1. The van der Waals surface area contributed by atoms with Gasteiger partial charge in [0.05, 0.1) is 55.2 Å². The number of para-hydroxylation sites is 4. The van der Waals surface area contributed by atoms with Gasteiger partial charge in [-0.1, -0.05) is 373 Å². The third-order valence-corrected chi connectivity index (χ3v) is 31.1. The third kappa shape index (κ3) is 11.8. The quantitative estimate of drug-likeness (QED) is 0.140. The zero-order chi connectivity index (χ0) is 95.1. The minimum absolute atomic E-state index is 0.116. The van der Waals surface area contributed by atoms with Gasteiger partial charge in [-0.05, 0) is 211 Å². The second kappa shape index (κ2) is 30.9. The largest absolute Gasteiger partial charge is 0.456 e. The first-order chi connectivity index (χ1) is 71.0. The van der Waals surface area contributed by atoms with E-state index in [0.717, 1.165) is 139 Å². The molecule has 30 aromatic rings. The minimum Gasteiger partial charge on any atom is -0.456 e. The maximum Gasteiger partial charge on any atom is 0.165 e. The van der Waals surface area contributed by atoms with Crippen molar-refractivity contribution in [3.8, 4) is 85.1 Å². The lowest BCUT2D eigenvalue weighted by molar-refractivity contribution is 0.663. The van der Waals surface area contributed by atoms with Crippen molar-refractivity contribution in [2.75, 3.05) is 0 Å². The molecule has 0 unspecified atom stereocenters. The van der Waals surface area contributed by atoms with Gasteiger partial charge in [-0.15, -0.1) is 0 Å². The smallest absolute Gasteiger partial charge is 0.165 e. The monoisotopic (exact) mass is 1840 g/mol. The first-order valence-electron chi connectivity index (χ1n) is 49.4. The molecule has 0 amide bonds. The average molecular weight is 1840 g/mol. The molecular weight excluding hydrogens is 1750 g/mol. The van der Waals surface area contributed by atoms with Crippen molar-refractivity contribution in [3.63, 3.8) is 0 Å². The summed E-state index contributed by atoms with van der Waals surface area (Å²) in [5.41, 5.74) is 27.5. The molecule has 0 spiro atoms. The molecule has 0 fully saturated rings. The second-order valence-electron chi connectivity index (χ2n) is 39.5. The predicted molar refractivity (Wildman–Crippen MR) is 597 cm³/mol. The lowest BCUT2D eigenvalue weighted by Gasteiger charge is -2.22. The van der Waals surface area contributed by atoms with Crippen molar-refractivity contribution in [1.82, 2.24) is 48.6 Å². The minimum atomic E-state index is -0.136. The van der Waals surface area contributed by atoms with Gasteiger partial charge in [-0.3, -0.25) is 9.13 Å². The van der Waals surface area contributed by atoms with Crippen LogP contribution in [-0.2, 0) is 10.8 Å². The van der Waals surface area contributed by atoms with E-state index >= 15 is 0 Å². The van der Waals surface area contributed by atoms with Crippen LogP contribution >= 0.6 is 0 Å². The van der Waals surface area contributed by atoms with Gasteiger partial charge in [0.2, 0.25) is 0 Å². The third-order valence-electron chi connectivity index (χ3n) is 31.1. The Morgan fingerprint density at radius 3 is 0.958 bits per heavy atom. The van der Waals surface area contributed by atoms with Gasteiger partial charge in [-0.2, -0.15) is 0 Å². The Morgan fingerprint density at radius 1 is 0.181 bits per heavy atom. The van der Waals surface area contributed by atoms with E-state index in [0.29, 0.717) is 17.5 Å². The van der Waals surface area contributed by atoms with E-state index in [2.05, 4.69) is 393 Å². The summed E-state index contributed by atoms with van der Waals surface area (Å²) in [5.74, 6) is 3.60. The number of fused-ring (bicyclic) bond motifs is 11. The van der Waals surface area contributed by atoms with Crippen molar-refractivity contribution >= 4 is 196 Å². The van der Waals surface area contributed by atoms with Crippen LogP contribution in [0.5, 0.6) is 0 Å². The van der Waals surface area contributed by atoms with E-state index in [1.54, 1.807) is 0 Å². The van der Waals surface area contributed by atoms with Crippen LogP contribution < -0.4 is 0 Å². The molecule has 0 aliphatic heterocycles. The normalized spacial score (nSPS) is 13.1. The molecule has 7 heterocycles. The van der Waals surface area contributed by atoms with Crippen molar-refractivity contribution in [1.29, 1.82) is 0 Å². The lowest BCUT2D eigenvalue weighted by Crippen LogP contribution is -2.15. The zero-order valence-electron chi connectivity index (χ0n) is 78.9. The molecule has 11 nitrogen and oxygen atoms in total. The molecule has 0 atom stereocenters. The predicted octanol–water partition coefficient (Wildman–Crippen LogP) is 34.3. The summed E-state index contributed by atoms with van der Waals surface area (Å²) in [6, 6.07) is 156. The summed E-state index contributed by atoms with van der Waals surface area (Å²) in [5, 5.41) is 30.4. The maximum absolute atomic E-state index is 6.55. The van der Waals surface area contributed by atoms with Crippen LogP contribution in [-0.4, -0.2) is 48.6 Å². The topological polar surface area (TPSA) is 118 Å². The highest BCUT2D eigenvalue weighted by molar-refractivity contribution is 6.40. The molecular formula is C133H84N10O. The van der Waals surface area contributed by atoms with Crippen molar-refractivity contribution < 1.29 is 4.42 Å². The molecule has 144 heavy (non-hydrogen) atoms. The Bertz CT molecular complexity index is 10700. The molecule has 2 aliphatic rings. The summed E-state index contributed by atoms with van der Waals surface area (Å²) >= 11 is 0. The van der Waals surface area contributed by atoms with Gasteiger partial charge in [-0.25, -0.2) is 34.9 Å². The van der Waals surface area contributed by atoms with Crippen LogP contribution in [0.4, 0.5) is 0 Å². The number of aromatic nitrogens is 10. The van der Waals surface area contributed by atoms with Crippen LogP contribution in [0.25, 0.3) is 281 Å². The molecule has 0 radical (unpaired) electrons. The molecule has 23 aromatic carbocycles. The van der Waals surface area contributed by atoms with Crippen LogP contribution in [0.2, 0.25) is 0 Å². The van der Waals surface area contributed by atoms with Crippen molar-refractivity contribution in [3.05, 3.63) is 459 Å². The molecule has 11 heteroatoms. The lowest BCUT2D eigenvalue weighted by atomic mass is 9.81. The molecule has 0 saturated carbocycles. The Kier molecular flexibility index (Phi) is 17.4. The first kappa shape index (κ1) is 81.3. The summed E-state index contributed by atoms with van der Waals surface area (Å²) in [7, 11) is 0. The molecule has 672 valence electrons. The van der Waals surface area contributed by atoms with Gasteiger partial charge in [0, 0.05) is 87.4 Å². The molecule has 2 aliphatic carbocycles. The Morgan fingerprint density at radius 2 is 0.486 bits per heavy atom. The van der Waals surface area contributed by atoms with Crippen LogP contribution in [0.15, 0.2) is 441 Å². The fourth-order valence-electron chi connectivity index (χ4n) is 24.7. The Hall–Kier alpha value is -18.7. The van der Waals surface area contributed by atoms with Crippen molar-refractivity contribution in [2.24, 2.45) is 0 Å². The highest BCUT2D eigenvalue weighted by atomic mass is 16.3. The van der Waals surface area contributed by atoms with E-state index in [1.807, 2.05) is 84.9 Å². The van der Waals surface area contributed by atoms with E-state index in [4.69, 9.17) is 39.3 Å². The molecule has 0 N–H and O–H groups in total. The number of rotatable bonds is 9. The number of furan rings is 1. The Balaban J connectivity index is 0.000000101. The summed E-state index contributed by atoms with van der Waals surface area (Å²) in [4.78, 5) is 36.5. The number of hydrogen-bond donors (Lipinski definition) is 0. The van der Waals surface area contributed by atoms with Gasteiger partial charge >= 0.3 is 0 Å². The first-order valence-corrected chi connectivity index (χ1v) is 49.4. The summed E-state index contributed by atoms with van der Waals surface area (Å²) in [6.45, 7) is 9.51. The fourth-order valence-corrected chi connectivity index (χ4v) is 24.7.